The zero-order valence-corrected chi connectivity index (χ0v) is 22.8. The first-order valence-corrected chi connectivity index (χ1v) is 14.7. The number of carbonyl (C=O) groups excluding carboxylic acids is 2. The molecular formula is C27H36ClN3O4S. The quantitative estimate of drug-likeness (QED) is 0.481. The van der Waals surface area contributed by atoms with E-state index < -0.39 is 28.5 Å². The summed E-state index contributed by atoms with van der Waals surface area (Å²) < 4.78 is 26.4. The van der Waals surface area contributed by atoms with E-state index in [-0.39, 0.29) is 18.5 Å². The van der Waals surface area contributed by atoms with Gasteiger partial charge >= 0.3 is 0 Å². The van der Waals surface area contributed by atoms with Gasteiger partial charge in [-0.15, -0.1) is 0 Å². The number of sulfonamides is 1. The number of anilines is 1. The number of halogens is 1. The number of nitrogens with one attached hydrogen (secondary N) is 1. The van der Waals surface area contributed by atoms with Crippen LogP contribution in [0, 0.1) is 6.92 Å². The summed E-state index contributed by atoms with van der Waals surface area (Å²) in [6.45, 7) is 3.53. The predicted molar refractivity (Wildman–Crippen MR) is 144 cm³/mol. The highest BCUT2D eigenvalue weighted by molar-refractivity contribution is 7.92. The Morgan fingerprint density at radius 2 is 1.64 bits per heavy atom. The number of rotatable bonds is 10. The van der Waals surface area contributed by atoms with Gasteiger partial charge in [0, 0.05) is 17.6 Å². The fraction of sp³-hybridized carbons (Fsp3) is 0.481. The fourth-order valence-electron chi connectivity index (χ4n) is 4.58. The monoisotopic (exact) mass is 533 g/mol. The van der Waals surface area contributed by atoms with Gasteiger partial charge in [-0.05, 0) is 56.0 Å². The molecular weight excluding hydrogens is 498 g/mol. The number of hydrogen-bond donors (Lipinski definition) is 1. The summed E-state index contributed by atoms with van der Waals surface area (Å²) >= 11 is 6.04. The van der Waals surface area contributed by atoms with E-state index in [4.69, 9.17) is 11.6 Å². The highest BCUT2D eigenvalue weighted by Gasteiger charge is 2.32. The lowest BCUT2D eigenvalue weighted by atomic mass is 9.95. The van der Waals surface area contributed by atoms with E-state index in [9.17, 15) is 18.0 Å². The second kappa shape index (κ2) is 12.6. The average molecular weight is 534 g/mol. The smallest absolute Gasteiger partial charge is 0.244 e. The minimum atomic E-state index is -3.75. The minimum Gasteiger partial charge on any atom is -0.352 e. The molecule has 2 amide bonds. The average Bonchev–Trinajstić information content (AvgIpc) is 2.84. The molecule has 1 aliphatic rings. The van der Waals surface area contributed by atoms with E-state index in [2.05, 4.69) is 5.32 Å². The van der Waals surface area contributed by atoms with E-state index in [0.29, 0.717) is 17.1 Å². The molecule has 0 saturated heterocycles. The molecule has 7 nitrogen and oxygen atoms in total. The van der Waals surface area contributed by atoms with Gasteiger partial charge in [-0.25, -0.2) is 8.42 Å². The first kappa shape index (κ1) is 28.0. The molecule has 0 bridgehead atoms. The number of aryl methyl sites for hydroxylation is 1. The lowest BCUT2D eigenvalue weighted by Gasteiger charge is -2.34. The molecule has 0 radical (unpaired) electrons. The Bertz CT molecular complexity index is 1130. The van der Waals surface area contributed by atoms with Crippen LogP contribution in [0.25, 0.3) is 0 Å². The molecule has 3 rings (SSSR count). The zero-order valence-electron chi connectivity index (χ0n) is 21.2. The number of amides is 2. The maximum atomic E-state index is 13.7. The first-order chi connectivity index (χ1) is 17.1. The lowest BCUT2D eigenvalue weighted by Crippen LogP contribution is -2.53. The molecule has 1 atom stereocenters. The van der Waals surface area contributed by atoms with Gasteiger partial charge < -0.3 is 10.2 Å². The van der Waals surface area contributed by atoms with E-state index in [1.54, 1.807) is 36.4 Å². The number of carbonyl (C=O) groups is 2. The third-order valence-corrected chi connectivity index (χ3v) is 8.00. The van der Waals surface area contributed by atoms with E-state index in [1.807, 2.05) is 26.0 Å². The van der Waals surface area contributed by atoms with Crippen LogP contribution in [-0.2, 0) is 26.2 Å². The largest absolute Gasteiger partial charge is 0.352 e. The maximum Gasteiger partial charge on any atom is 0.244 e. The van der Waals surface area contributed by atoms with E-state index in [1.165, 1.54) is 11.3 Å². The third kappa shape index (κ3) is 7.71. The Morgan fingerprint density at radius 3 is 2.19 bits per heavy atom. The minimum absolute atomic E-state index is 0.105. The van der Waals surface area contributed by atoms with Crippen LogP contribution in [0.3, 0.4) is 0 Å². The second-order valence-corrected chi connectivity index (χ2v) is 11.9. The number of hydrogen-bond acceptors (Lipinski definition) is 4. The molecule has 0 unspecified atom stereocenters. The van der Waals surface area contributed by atoms with Crippen molar-refractivity contribution < 1.29 is 18.0 Å². The standard InChI is InChI=1S/C27H36ClN3O4S/c1-4-25(27(33)29-23-8-6-5-7-9-23)30(18-21-12-14-22(28)15-13-21)26(32)19-31(36(3,34)35)24-16-10-20(2)11-17-24/h10-17,23,25H,4-9,18-19H2,1-3H3,(H,29,33)/t25-/m1/s1. The first-order valence-electron chi connectivity index (χ1n) is 12.5. The topological polar surface area (TPSA) is 86.8 Å². The normalized spacial score (nSPS) is 15.2. The number of nitrogens with zero attached hydrogens (tertiary/aromatic N) is 2. The van der Waals surface area contributed by atoms with Gasteiger partial charge in [0.2, 0.25) is 21.8 Å². The van der Waals surface area contributed by atoms with Gasteiger partial charge in [-0.1, -0.05) is 67.6 Å². The summed E-state index contributed by atoms with van der Waals surface area (Å²) in [4.78, 5) is 28.6. The van der Waals surface area contributed by atoms with Crippen molar-refractivity contribution in [2.75, 3.05) is 17.1 Å². The summed E-state index contributed by atoms with van der Waals surface area (Å²) in [6.07, 6.45) is 6.68. The van der Waals surface area contributed by atoms with Gasteiger partial charge in [-0.2, -0.15) is 0 Å². The molecule has 2 aromatic rings. The Morgan fingerprint density at radius 1 is 1.03 bits per heavy atom. The zero-order chi connectivity index (χ0) is 26.3. The van der Waals surface area contributed by atoms with Crippen LogP contribution in [0.5, 0.6) is 0 Å². The van der Waals surface area contributed by atoms with Crippen LogP contribution in [0.2, 0.25) is 5.02 Å². The van der Waals surface area contributed by atoms with Crippen LogP contribution in [0.4, 0.5) is 5.69 Å². The summed E-state index contributed by atoms with van der Waals surface area (Å²) in [6, 6.07) is 13.4. The SMILES string of the molecule is CC[C@H](C(=O)NC1CCCCC1)N(Cc1ccc(Cl)cc1)C(=O)CN(c1ccc(C)cc1)S(C)(=O)=O. The van der Waals surface area contributed by atoms with Crippen molar-refractivity contribution in [3.8, 4) is 0 Å². The highest BCUT2D eigenvalue weighted by Crippen LogP contribution is 2.22. The number of benzene rings is 2. The van der Waals surface area contributed by atoms with Crippen LogP contribution >= 0.6 is 11.6 Å². The molecule has 0 heterocycles. The van der Waals surface area contributed by atoms with Crippen molar-refractivity contribution in [1.29, 1.82) is 0 Å². The molecule has 0 spiro atoms. The fourth-order valence-corrected chi connectivity index (χ4v) is 5.55. The van der Waals surface area contributed by atoms with Gasteiger partial charge in [0.15, 0.2) is 0 Å². The Balaban J connectivity index is 1.89. The van der Waals surface area contributed by atoms with Gasteiger partial charge in [0.05, 0.1) is 11.9 Å². The molecule has 1 aliphatic carbocycles. The van der Waals surface area contributed by atoms with Crippen molar-refractivity contribution in [2.45, 2.75) is 71.0 Å². The Hall–Kier alpha value is -2.58. The van der Waals surface area contributed by atoms with Crippen molar-refractivity contribution in [1.82, 2.24) is 10.2 Å². The van der Waals surface area contributed by atoms with Crippen LogP contribution in [0.1, 0.15) is 56.6 Å². The van der Waals surface area contributed by atoms with Crippen molar-refractivity contribution >= 4 is 39.1 Å². The molecule has 9 heteroatoms. The highest BCUT2D eigenvalue weighted by atomic mass is 35.5. The molecule has 1 saturated carbocycles. The van der Waals surface area contributed by atoms with E-state index >= 15 is 0 Å². The molecule has 196 valence electrons. The molecule has 1 N–H and O–H groups in total. The van der Waals surface area contributed by atoms with Crippen LogP contribution in [-0.4, -0.2) is 50.0 Å². The third-order valence-electron chi connectivity index (χ3n) is 6.60. The van der Waals surface area contributed by atoms with Gasteiger partial charge in [-0.3, -0.25) is 13.9 Å². The molecule has 0 aliphatic heterocycles. The van der Waals surface area contributed by atoms with Gasteiger partial charge in [0.1, 0.15) is 12.6 Å². The lowest BCUT2D eigenvalue weighted by molar-refractivity contribution is -0.140. The van der Waals surface area contributed by atoms with Crippen molar-refractivity contribution in [3.63, 3.8) is 0 Å². The Kier molecular flexibility index (Phi) is 9.79. The maximum absolute atomic E-state index is 13.7. The van der Waals surface area contributed by atoms with Crippen LogP contribution in [0.15, 0.2) is 48.5 Å². The Labute approximate surface area is 219 Å². The van der Waals surface area contributed by atoms with Crippen molar-refractivity contribution in [2.24, 2.45) is 0 Å². The predicted octanol–water partition coefficient (Wildman–Crippen LogP) is 4.67. The molecule has 1 fully saturated rings. The summed E-state index contributed by atoms with van der Waals surface area (Å²) in [7, 11) is -3.75. The molecule has 0 aromatic heterocycles. The van der Waals surface area contributed by atoms with Crippen LogP contribution < -0.4 is 9.62 Å². The van der Waals surface area contributed by atoms with Crippen molar-refractivity contribution in [3.05, 3.63) is 64.7 Å². The molecule has 2 aromatic carbocycles. The molecule has 36 heavy (non-hydrogen) atoms. The summed E-state index contributed by atoms with van der Waals surface area (Å²) in [5.41, 5.74) is 2.19. The van der Waals surface area contributed by atoms with Gasteiger partial charge in [0.25, 0.3) is 0 Å². The van der Waals surface area contributed by atoms with E-state index in [0.717, 1.165) is 47.4 Å². The summed E-state index contributed by atoms with van der Waals surface area (Å²) in [5.74, 6) is -0.644. The second-order valence-electron chi connectivity index (χ2n) is 9.52. The summed E-state index contributed by atoms with van der Waals surface area (Å²) in [5, 5.41) is 3.71.